The molecule has 6 nitrogen and oxygen atoms in total. The number of carbonyl (C=O) groups excluding carboxylic acids is 1. The smallest absolute Gasteiger partial charge is 0.377 e. The summed E-state index contributed by atoms with van der Waals surface area (Å²) in [5.74, 6) is -0.653. The molecule has 2 heterocycles. The number of ether oxygens (including phenoxy) is 1. The molecule has 0 bridgehead atoms. The lowest BCUT2D eigenvalue weighted by Crippen LogP contribution is -2.07. The van der Waals surface area contributed by atoms with E-state index in [1.807, 2.05) is 6.92 Å². The number of hydrogen-bond donors (Lipinski definition) is 0. The lowest BCUT2D eigenvalue weighted by Gasteiger charge is -2.08. The van der Waals surface area contributed by atoms with Crippen molar-refractivity contribution in [1.29, 1.82) is 0 Å². The molecule has 124 valence electrons. The van der Waals surface area contributed by atoms with Gasteiger partial charge in [-0.15, -0.1) is 0 Å². The average Bonchev–Trinajstić information content (AvgIpc) is 2.98. The predicted molar refractivity (Wildman–Crippen MR) is 87.2 cm³/mol. The normalized spacial score (nSPS) is 11.0. The third-order valence-corrected chi connectivity index (χ3v) is 3.92. The van der Waals surface area contributed by atoms with E-state index in [1.54, 1.807) is 19.1 Å². The first-order valence-corrected chi connectivity index (χ1v) is 7.71. The quantitative estimate of drug-likeness (QED) is 0.529. The van der Waals surface area contributed by atoms with Crippen LogP contribution in [0.2, 0.25) is 5.02 Å². The van der Waals surface area contributed by atoms with Crippen LogP contribution in [0.5, 0.6) is 0 Å². The van der Waals surface area contributed by atoms with Crippen LogP contribution >= 0.6 is 11.6 Å². The van der Waals surface area contributed by atoms with Crippen LogP contribution in [0, 0.1) is 6.92 Å². The second kappa shape index (κ2) is 6.49. The molecule has 7 heteroatoms. The fraction of sp³-hybridized carbons (Fsp3) is 0.235. The zero-order valence-corrected chi connectivity index (χ0v) is 13.8. The van der Waals surface area contributed by atoms with Crippen LogP contribution in [0.25, 0.3) is 11.0 Å². The van der Waals surface area contributed by atoms with E-state index in [4.69, 9.17) is 25.3 Å². The summed E-state index contributed by atoms with van der Waals surface area (Å²) in [5, 5.41) is 4.82. The van der Waals surface area contributed by atoms with Crippen molar-refractivity contribution in [3.63, 3.8) is 0 Å². The van der Waals surface area contributed by atoms with E-state index in [0.29, 0.717) is 33.7 Å². The highest BCUT2D eigenvalue weighted by Crippen LogP contribution is 2.26. The monoisotopic (exact) mass is 347 g/mol. The Bertz CT molecular complexity index is 973. The summed E-state index contributed by atoms with van der Waals surface area (Å²) >= 11 is 6.23. The van der Waals surface area contributed by atoms with Crippen molar-refractivity contribution >= 4 is 28.5 Å². The molecule has 0 saturated carbocycles. The molecular formula is C17H14ClNO5. The van der Waals surface area contributed by atoms with Gasteiger partial charge >= 0.3 is 11.6 Å². The third-order valence-electron chi connectivity index (χ3n) is 3.57. The zero-order valence-electron chi connectivity index (χ0n) is 13.1. The van der Waals surface area contributed by atoms with Crippen molar-refractivity contribution in [3.8, 4) is 0 Å². The van der Waals surface area contributed by atoms with Crippen LogP contribution in [-0.2, 0) is 17.8 Å². The van der Waals surface area contributed by atoms with Crippen molar-refractivity contribution in [2.45, 2.75) is 26.9 Å². The van der Waals surface area contributed by atoms with Gasteiger partial charge in [0, 0.05) is 28.1 Å². The molecule has 0 N–H and O–H groups in total. The van der Waals surface area contributed by atoms with Crippen LogP contribution in [0.4, 0.5) is 0 Å². The molecule has 3 rings (SSSR count). The number of aromatic nitrogens is 1. The van der Waals surface area contributed by atoms with Crippen LogP contribution in [0.3, 0.4) is 0 Å². The van der Waals surface area contributed by atoms with E-state index >= 15 is 0 Å². The topological polar surface area (TPSA) is 82.5 Å². The standard InChI is InChI=1S/C17H14ClNO5/c1-3-10-5-14-12(7-13(10)18)11(6-16(20)23-14)8-22-17(21)15-4-9(2)19-24-15/h4-7H,3,8H2,1-2H3. The van der Waals surface area contributed by atoms with Gasteiger partial charge in [0.05, 0.1) is 5.69 Å². The fourth-order valence-electron chi connectivity index (χ4n) is 2.35. The highest BCUT2D eigenvalue weighted by atomic mass is 35.5. The van der Waals surface area contributed by atoms with Crippen LogP contribution in [-0.4, -0.2) is 11.1 Å². The number of benzene rings is 1. The van der Waals surface area contributed by atoms with Crippen molar-refractivity contribution in [3.05, 3.63) is 62.3 Å². The number of aryl methyl sites for hydroxylation is 2. The maximum absolute atomic E-state index is 11.9. The van der Waals surface area contributed by atoms with Gasteiger partial charge in [0.15, 0.2) is 0 Å². The minimum Gasteiger partial charge on any atom is -0.455 e. The molecule has 0 saturated heterocycles. The molecule has 3 aromatic rings. The summed E-state index contributed by atoms with van der Waals surface area (Å²) in [6, 6.07) is 6.19. The Hall–Kier alpha value is -2.60. The Labute approximate surface area is 142 Å². The summed E-state index contributed by atoms with van der Waals surface area (Å²) in [6.07, 6.45) is 0.711. The van der Waals surface area contributed by atoms with E-state index in [0.717, 1.165) is 5.56 Å². The summed E-state index contributed by atoms with van der Waals surface area (Å²) < 4.78 is 15.3. The van der Waals surface area contributed by atoms with Gasteiger partial charge in [-0.2, -0.15) is 0 Å². The Morgan fingerprint density at radius 2 is 2.04 bits per heavy atom. The first-order valence-electron chi connectivity index (χ1n) is 7.33. The second-order valence-electron chi connectivity index (χ2n) is 5.29. The lowest BCUT2D eigenvalue weighted by atomic mass is 10.1. The first-order chi connectivity index (χ1) is 11.5. The average molecular weight is 348 g/mol. The highest BCUT2D eigenvalue weighted by Gasteiger charge is 2.15. The molecule has 24 heavy (non-hydrogen) atoms. The molecule has 0 aliphatic rings. The van der Waals surface area contributed by atoms with Crippen molar-refractivity contribution < 1.29 is 18.5 Å². The lowest BCUT2D eigenvalue weighted by molar-refractivity contribution is 0.0427. The predicted octanol–water partition coefficient (Wildman–Crippen LogP) is 3.66. The maximum Gasteiger partial charge on any atom is 0.377 e. The Morgan fingerprint density at radius 1 is 1.25 bits per heavy atom. The van der Waals surface area contributed by atoms with Crippen molar-refractivity contribution in [2.24, 2.45) is 0 Å². The van der Waals surface area contributed by atoms with Gasteiger partial charge in [0.25, 0.3) is 0 Å². The Kier molecular flexibility index (Phi) is 4.40. The molecule has 0 radical (unpaired) electrons. The Balaban J connectivity index is 1.92. The largest absolute Gasteiger partial charge is 0.455 e. The maximum atomic E-state index is 11.9. The number of rotatable bonds is 4. The van der Waals surface area contributed by atoms with Crippen LogP contribution in [0.15, 0.2) is 38.0 Å². The van der Waals surface area contributed by atoms with Crippen LogP contribution < -0.4 is 5.63 Å². The molecule has 0 atom stereocenters. The van der Waals surface area contributed by atoms with Gasteiger partial charge in [0.1, 0.15) is 12.2 Å². The number of fused-ring (bicyclic) bond motifs is 1. The number of esters is 1. The number of carbonyl (C=O) groups is 1. The number of halogens is 1. The van der Waals surface area contributed by atoms with Gasteiger partial charge in [-0.05, 0) is 31.0 Å². The molecule has 1 aromatic carbocycles. The van der Waals surface area contributed by atoms with Crippen molar-refractivity contribution in [1.82, 2.24) is 5.16 Å². The highest BCUT2D eigenvalue weighted by molar-refractivity contribution is 6.32. The molecule has 2 aromatic heterocycles. The second-order valence-corrected chi connectivity index (χ2v) is 5.70. The minimum atomic E-state index is -0.659. The van der Waals surface area contributed by atoms with Gasteiger partial charge < -0.3 is 13.7 Å². The van der Waals surface area contributed by atoms with E-state index in [1.165, 1.54) is 12.1 Å². The SMILES string of the molecule is CCc1cc2oc(=O)cc(COC(=O)c3cc(C)no3)c2cc1Cl. The molecule has 0 unspecified atom stereocenters. The van der Waals surface area contributed by atoms with E-state index in [2.05, 4.69) is 5.16 Å². The Morgan fingerprint density at radius 3 is 2.71 bits per heavy atom. The summed E-state index contributed by atoms with van der Waals surface area (Å²) in [4.78, 5) is 23.7. The molecule has 0 fully saturated rings. The van der Waals surface area contributed by atoms with Crippen LogP contribution in [0.1, 0.15) is 34.3 Å². The van der Waals surface area contributed by atoms with Crippen molar-refractivity contribution in [2.75, 3.05) is 0 Å². The minimum absolute atomic E-state index is 0.00562. The van der Waals surface area contributed by atoms with Gasteiger partial charge in [-0.25, -0.2) is 9.59 Å². The summed E-state index contributed by atoms with van der Waals surface area (Å²) in [7, 11) is 0. The first kappa shape index (κ1) is 16.3. The summed E-state index contributed by atoms with van der Waals surface area (Å²) in [5.41, 5.74) is 1.85. The molecule has 0 aliphatic carbocycles. The molecular weight excluding hydrogens is 334 g/mol. The van der Waals surface area contributed by atoms with Gasteiger partial charge in [-0.1, -0.05) is 23.7 Å². The van der Waals surface area contributed by atoms with E-state index in [9.17, 15) is 9.59 Å². The van der Waals surface area contributed by atoms with E-state index in [-0.39, 0.29) is 12.4 Å². The summed E-state index contributed by atoms with van der Waals surface area (Å²) in [6.45, 7) is 3.54. The van der Waals surface area contributed by atoms with Gasteiger partial charge in [-0.3, -0.25) is 0 Å². The molecule has 0 aliphatic heterocycles. The third kappa shape index (κ3) is 3.19. The fourth-order valence-corrected chi connectivity index (χ4v) is 2.65. The zero-order chi connectivity index (χ0) is 17.3. The number of hydrogen-bond acceptors (Lipinski definition) is 6. The molecule has 0 spiro atoms. The van der Waals surface area contributed by atoms with Gasteiger partial charge in [0.2, 0.25) is 5.76 Å². The van der Waals surface area contributed by atoms with E-state index < -0.39 is 11.6 Å². The molecule has 0 amide bonds. The number of nitrogens with zero attached hydrogens (tertiary/aromatic N) is 1.